The summed E-state index contributed by atoms with van der Waals surface area (Å²) < 4.78 is 0. The van der Waals surface area contributed by atoms with Crippen molar-refractivity contribution in [1.29, 1.82) is 0 Å². The van der Waals surface area contributed by atoms with Gasteiger partial charge in [-0.1, -0.05) is 13.8 Å². The first-order chi connectivity index (χ1) is 4.61. The molecule has 1 aliphatic heterocycles. The van der Waals surface area contributed by atoms with Crippen molar-refractivity contribution in [3.8, 4) is 0 Å². The largest absolute Gasteiger partial charge is 0.391 e. The SMILES string of the molecule is CC(C)[C@@H]1C[C@@H](O)[C@H](C)N1. The molecular formula is C8H17NO. The van der Waals surface area contributed by atoms with Crippen molar-refractivity contribution in [2.45, 2.75) is 45.4 Å². The van der Waals surface area contributed by atoms with Gasteiger partial charge in [-0.2, -0.15) is 0 Å². The molecule has 3 atom stereocenters. The first-order valence-corrected chi connectivity index (χ1v) is 4.05. The molecule has 2 N–H and O–H groups in total. The minimum absolute atomic E-state index is 0.132. The minimum atomic E-state index is -0.132. The minimum Gasteiger partial charge on any atom is -0.391 e. The van der Waals surface area contributed by atoms with E-state index in [1.165, 1.54) is 0 Å². The van der Waals surface area contributed by atoms with Crippen LogP contribution in [0.4, 0.5) is 0 Å². The number of rotatable bonds is 1. The molecule has 1 rings (SSSR count). The van der Waals surface area contributed by atoms with Crippen LogP contribution in [0.3, 0.4) is 0 Å². The Labute approximate surface area is 62.6 Å². The fourth-order valence-electron chi connectivity index (χ4n) is 1.45. The lowest BCUT2D eigenvalue weighted by Gasteiger charge is -2.14. The molecule has 0 unspecified atom stereocenters. The van der Waals surface area contributed by atoms with Crippen LogP contribution in [-0.2, 0) is 0 Å². The average Bonchev–Trinajstić information content (AvgIpc) is 2.13. The second-order valence-electron chi connectivity index (χ2n) is 3.61. The molecule has 2 heteroatoms. The standard InChI is InChI=1S/C8H17NO/c1-5(2)7-4-8(10)6(3)9-7/h5-10H,4H2,1-3H3/t6-,7-,8+/m0/s1. The summed E-state index contributed by atoms with van der Waals surface area (Å²) in [6.07, 6.45) is 0.783. The van der Waals surface area contributed by atoms with E-state index in [9.17, 15) is 5.11 Å². The van der Waals surface area contributed by atoms with Crippen LogP contribution in [0.2, 0.25) is 0 Å². The van der Waals surface area contributed by atoms with E-state index >= 15 is 0 Å². The van der Waals surface area contributed by atoms with E-state index in [-0.39, 0.29) is 12.1 Å². The van der Waals surface area contributed by atoms with Crippen molar-refractivity contribution >= 4 is 0 Å². The van der Waals surface area contributed by atoms with Gasteiger partial charge in [0.05, 0.1) is 6.10 Å². The topological polar surface area (TPSA) is 32.3 Å². The van der Waals surface area contributed by atoms with E-state index in [1.807, 2.05) is 6.92 Å². The molecule has 10 heavy (non-hydrogen) atoms. The quantitative estimate of drug-likeness (QED) is 0.568. The van der Waals surface area contributed by atoms with E-state index in [0.29, 0.717) is 12.0 Å². The molecule has 0 amide bonds. The average molecular weight is 143 g/mol. The van der Waals surface area contributed by atoms with Gasteiger partial charge in [0.25, 0.3) is 0 Å². The van der Waals surface area contributed by atoms with Crippen molar-refractivity contribution in [2.75, 3.05) is 0 Å². The Hall–Kier alpha value is -0.0800. The maximum absolute atomic E-state index is 9.35. The summed E-state index contributed by atoms with van der Waals surface area (Å²) in [7, 11) is 0. The predicted molar refractivity (Wildman–Crippen MR) is 41.8 cm³/mol. The van der Waals surface area contributed by atoms with Gasteiger partial charge in [0.1, 0.15) is 0 Å². The molecule has 0 saturated carbocycles. The third kappa shape index (κ3) is 1.50. The molecule has 1 aliphatic rings. The molecular weight excluding hydrogens is 126 g/mol. The maximum atomic E-state index is 9.35. The Morgan fingerprint density at radius 1 is 1.50 bits per heavy atom. The Bertz CT molecular complexity index is 104. The molecule has 1 fully saturated rings. The summed E-state index contributed by atoms with van der Waals surface area (Å²) in [5.41, 5.74) is 0. The number of aliphatic hydroxyl groups excluding tert-OH is 1. The second-order valence-corrected chi connectivity index (χ2v) is 3.61. The van der Waals surface area contributed by atoms with Crippen LogP contribution < -0.4 is 5.32 Å². The van der Waals surface area contributed by atoms with Gasteiger partial charge >= 0.3 is 0 Å². The summed E-state index contributed by atoms with van der Waals surface area (Å²) in [4.78, 5) is 0. The van der Waals surface area contributed by atoms with Gasteiger partial charge < -0.3 is 10.4 Å². The highest BCUT2D eigenvalue weighted by atomic mass is 16.3. The summed E-state index contributed by atoms with van der Waals surface area (Å²) >= 11 is 0. The third-order valence-electron chi connectivity index (χ3n) is 2.35. The molecule has 2 nitrogen and oxygen atoms in total. The van der Waals surface area contributed by atoms with Gasteiger partial charge in [-0.25, -0.2) is 0 Å². The summed E-state index contributed by atoms with van der Waals surface area (Å²) in [6.45, 7) is 6.40. The smallest absolute Gasteiger partial charge is 0.0705 e. The Morgan fingerprint density at radius 3 is 2.30 bits per heavy atom. The first kappa shape index (κ1) is 8.02. The normalized spacial score (nSPS) is 41.1. The van der Waals surface area contributed by atoms with Crippen LogP contribution in [0, 0.1) is 5.92 Å². The van der Waals surface area contributed by atoms with Gasteiger partial charge in [0, 0.05) is 12.1 Å². The van der Waals surface area contributed by atoms with Gasteiger partial charge in [0.15, 0.2) is 0 Å². The number of hydrogen-bond donors (Lipinski definition) is 2. The van der Waals surface area contributed by atoms with E-state index in [0.717, 1.165) is 6.42 Å². The molecule has 1 heterocycles. The Balaban J connectivity index is 2.41. The van der Waals surface area contributed by atoms with Crippen molar-refractivity contribution < 1.29 is 5.11 Å². The van der Waals surface area contributed by atoms with Crippen LogP contribution in [0.1, 0.15) is 27.2 Å². The number of nitrogens with one attached hydrogen (secondary N) is 1. The van der Waals surface area contributed by atoms with Gasteiger partial charge in [-0.05, 0) is 19.3 Å². The Morgan fingerprint density at radius 2 is 2.10 bits per heavy atom. The second kappa shape index (κ2) is 2.89. The van der Waals surface area contributed by atoms with Crippen LogP contribution in [0.5, 0.6) is 0 Å². The molecule has 0 aliphatic carbocycles. The van der Waals surface area contributed by atoms with Gasteiger partial charge in [-0.15, -0.1) is 0 Å². The maximum Gasteiger partial charge on any atom is 0.0705 e. The fraction of sp³-hybridized carbons (Fsp3) is 1.00. The third-order valence-corrected chi connectivity index (χ3v) is 2.35. The zero-order valence-corrected chi connectivity index (χ0v) is 6.96. The molecule has 1 saturated heterocycles. The van der Waals surface area contributed by atoms with Crippen molar-refractivity contribution in [1.82, 2.24) is 5.32 Å². The first-order valence-electron chi connectivity index (χ1n) is 4.05. The van der Waals surface area contributed by atoms with Crippen molar-refractivity contribution in [3.05, 3.63) is 0 Å². The van der Waals surface area contributed by atoms with Crippen LogP contribution in [-0.4, -0.2) is 23.3 Å². The highest BCUT2D eigenvalue weighted by molar-refractivity contribution is 4.89. The number of hydrogen-bond acceptors (Lipinski definition) is 2. The molecule has 0 spiro atoms. The summed E-state index contributed by atoms with van der Waals surface area (Å²) in [6, 6.07) is 0.803. The van der Waals surface area contributed by atoms with Gasteiger partial charge in [-0.3, -0.25) is 0 Å². The monoisotopic (exact) mass is 143 g/mol. The highest BCUT2D eigenvalue weighted by Gasteiger charge is 2.30. The molecule has 60 valence electrons. The van der Waals surface area contributed by atoms with E-state index in [4.69, 9.17) is 0 Å². The zero-order chi connectivity index (χ0) is 7.72. The molecule has 0 aromatic heterocycles. The molecule has 0 aromatic rings. The fourth-order valence-corrected chi connectivity index (χ4v) is 1.45. The van der Waals surface area contributed by atoms with Crippen LogP contribution in [0.15, 0.2) is 0 Å². The van der Waals surface area contributed by atoms with Crippen LogP contribution in [0.25, 0.3) is 0 Å². The molecule has 0 radical (unpaired) electrons. The van der Waals surface area contributed by atoms with Gasteiger partial charge in [0.2, 0.25) is 0 Å². The molecule has 0 aromatic carbocycles. The zero-order valence-electron chi connectivity index (χ0n) is 6.96. The lowest BCUT2D eigenvalue weighted by Crippen LogP contribution is -2.32. The molecule has 0 bridgehead atoms. The van der Waals surface area contributed by atoms with Crippen LogP contribution >= 0.6 is 0 Å². The van der Waals surface area contributed by atoms with E-state index in [2.05, 4.69) is 19.2 Å². The predicted octanol–water partition coefficient (Wildman–Crippen LogP) is 0.754. The lowest BCUT2D eigenvalue weighted by molar-refractivity contribution is 0.163. The highest BCUT2D eigenvalue weighted by Crippen LogP contribution is 2.18. The number of aliphatic hydroxyl groups is 1. The summed E-state index contributed by atoms with van der Waals surface area (Å²) in [5, 5.41) is 12.7. The lowest BCUT2D eigenvalue weighted by atomic mass is 10.0. The van der Waals surface area contributed by atoms with Crippen molar-refractivity contribution in [3.63, 3.8) is 0 Å². The van der Waals surface area contributed by atoms with E-state index in [1.54, 1.807) is 0 Å². The van der Waals surface area contributed by atoms with E-state index < -0.39 is 0 Å². The Kier molecular flexibility index (Phi) is 2.32. The summed E-state index contributed by atoms with van der Waals surface area (Å²) in [5.74, 6) is 0.639. The van der Waals surface area contributed by atoms with Crippen molar-refractivity contribution in [2.24, 2.45) is 5.92 Å².